The van der Waals surface area contributed by atoms with E-state index in [1.807, 2.05) is 25.1 Å². The second-order valence-electron chi connectivity index (χ2n) is 11.4. The van der Waals surface area contributed by atoms with Crippen molar-refractivity contribution in [2.75, 3.05) is 10.8 Å². The molecule has 45 heavy (non-hydrogen) atoms. The smallest absolute Gasteiger partial charge is 0.352 e. The van der Waals surface area contributed by atoms with Gasteiger partial charge in [0.05, 0.1) is 21.2 Å². The molecule has 3 aromatic rings. The number of anilines is 1. The summed E-state index contributed by atoms with van der Waals surface area (Å²) >= 11 is 5.85. The van der Waals surface area contributed by atoms with Gasteiger partial charge in [-0.3, -0.25) is 13.9 Å². The molecule has 1 unspecified atom stereocenters. The van der Waals surface area contributed by atoms with E-state index in [-0.39, 0.29) is 35.5 Å². The number of benzene rings is 3. The van der Waals surface area contributed by atoms with E-state index in [4.69, 9.17) is 11.6 Å². The molecule has 0 radical (unpaired) electrons. The normalized spacial score (nSPS) is 14.6. The summed E-state index contributed by atoms with van der Waals surface area (Å²) in [7, 11) is -4.55. The molecule has 1 saturated carbocycles. The fourth-order valence-electron chi connectivity index (χ4n) is 5.55. The molecule has 1 fully saturated rings. The van der Waals surface area contributed by atoms with Gasteiger partial charge in [0, 0.05) is 12.6 Å². The Morgan fingerprint density at radius 1 is 0.978 bits per heavy atom. The first-order valence-corrected chi connectivity index (χ1v) is 16.6. The van der Waals surface area contributed by atoms with E-state index in [0.29, 0.717) is 15.9 Å². The van der Waals surface area contributed by atoms with Crippen LogP contribution in [0.15, 0.2) is 71.6 Å². The van der Waals surface area contributed by atoms with E-state index in [0.717, 1.165) is 48.9 Å². The summed E-state index contributed by atoms with van der Waals surface area (Å²) in [4.78, 5) is 28.9. The maximum atomic E-state index is 14.2. The SMILES string of the molecule is CCC(C(=O)NC1CCCC1)N(Cc1cccc(C)c1)C(=O)CN(c1ccc(Cl)c(C(F)(F)F)c1)S(=O)(=O)c1ccc(C)cc1. The first-order valence-electron chi connectivity index (χ1n) is 14.8. The third kappa shape index (κ3) is 8.38. The number of hydrogen-bond acceptors (Lipinski definition) is 4. The van der Waals surface area contributed by atoms with Crippen LogP contribution in [-0.4, -0.2) is 43.8 Å². The molecule has 12 heteroatoms. The molecule has 3 aromatic carbocycles. The monoisotopic (exact) mass is 663 g/mol. The van der Waals surface area contributed by atoms with Crippen molar-refractivity contribution in [3.63, 3.8) is 0 Å². The quantitative estimate of drug-likeness (QED) is 0.239. The number of aryl methyl sites for hydroxylation is 2. The number of rotatable bonds is 11. The first kappa shape index (κ1) is 34.3. The Labute approximate surface area is 267 Å². The van der Waals surface area contributed by atoms with Crippen molar-refractivity contribution in [2.24, 2.45) is 0 Å². The number of carbonyl (C=O) groups excluding carboxylic acids is 2. The average molecular weight is 664 g/mol. The summed E-state index contributed by atoms with van der Waals surface area (Å²) in [6, 6.07) is 14.9. The minimum absolute atomic E-state index is 0.00998. The van der Waals surface area contributed by atoms with E-state index in [1.165, 1.54) is 17.0 Å². The van der Waals surface area contributed by atoms with Crippen molar-refractivity contribution in [1.82, 2.24) is 10.2 Å². The summed E-state index contributed by atoms with van der Waals surface area (Å²) in [5, 5.41) is 2.42. The van der Waals surface area contributed by atoms with Gasteiger partial charge in [0.25, 0.3) is 10.0 Å². The predicted octanol–water partition coefficient (Wildman–Crippen LogP) is 7.04. The molecule has 1 aliphatic carbocycles. The third-order valence-corrected chi connectivity index (χ3v) is 10.1. The van der Waals surface area contributed by atoms with Gasteiger partial charge in [-0.15, -0.1) is 0 Å². The molecule has 0 saturated heterocycles. The van der Waals surface area contributed by atoms with E-state index in [2.05, 4.69) is 5.32 Å². The van der Waals surface area contributed by atoms with E-state index < -0.39 is 45.3 Å². The van der Waals surface area contributed by atoms with Gasteiger partial charge in [-0.05, 0) is 69.0 Å². The number of nitrogens with one attached hydrogen (secondary N) is 1. The summed E-state index contributed by atoms with van der Waals surface area (Å²) in [6.07, 6.45) is -1.01. The highest BCUT2D eigenvalue weighted by Crippen LogP contribution is 2.38. The molecular weight excluding hydrogens is 627 g/mol. The molecule has 0 spiro atoms. The zero-order valence-corrected chi connectivity index (χ0v) is 27.0. The van der Waals surface area contributed by atoms with Crippen molar-refractivity contribution in [2.45, 2.75) is 82.6 Å². The van der Waals surface area contributed by atoms with Crippen LogP contribution in [0.3, 0.4) is 0 Å². The van der Waals surface area contributed by atoms with Crippen molar-refractivity contribution in [1.29, 1.82) is 0 Å². The summed E-state index contributed by atoms with van der Waals surface area (Å²) < 4.78 is 70.3. The Bertz CT molecular complexity index is 1620. The van der Waals surface area contributed by atoms with Crippen LogP contribution in [0.5, 0.6) is 0 Å². The zero-order chi connectivity index (χ0) is 32.9. The lowest BCUT2D eigenvalue weighted by Gasteiger charge is -2.34. The topological polar surface area (TPSA) is 86.8 Å². The number of carbonyl (C=O) groups is 2. The van der Waals surface area contributed by atoms with Crippen molar-refractivity contribution in [3.8, 4) is 0 Å². The molecule has 1 N–H and O–H groups in total. The van der Waals surface area contributed by atoms with Crippen LogP contribution in [0.25, 0.3) is 0 Å². The Morgan fingerprint density at radius 3 is 2.24 bits per heavy atom. The molecule has 0 aliphatic heterocycles. The van der Waals surface area contributed by atoms with Gasteiger partial charge < -0.3 is 10.2 Å². The largest absolute Gasteiger partial charge is 0.417 e. The fraction of sp³-hybridized carbons (Fsp3) is 0.394. The standard InChI is InChI=1S/C33H37ClF3N3O4S/c1-4-30(32(42)38-25-10-5-6-11-25)39(20-24-9-7-8-23(3)18-24)31(41)21-40(45(43,44)27-15-12-22(2)13-16-27)26-14-17-29(34)28(19-26)33(35,36)37/h7-9,12-19,25,30H,4-6,10-11,20-21H2,1-3H3,(H,38,42). The van der Waals surface area contributed by atoms with Gasteiger partial charge in [-0.1, -0.05) is 78.9 Å². The Morgan fingerprint density at radius 2 is 1.64 bits per heavy atom. The van der Waals surface area contributed by atoms with Crippen molar-refractivity contribution in [3.05, 3.63) is 94.0 Å². The van der Waals surface area contributed by atoms with Crippen LogP contribution in [0.4, 0.5) is 18.9 Å². The Hall–Kier alpha value is -3.57. The van der Waals surface area contributed by atoms with Crippen LogP contribution < -0.4 is 9.62 Å². The number of alkyl halides is 3. The second-order valence-corrected chi connectivity index (χ2v) is 13.7. The summed E-state index contributed by atoms with van der Waals surface area (Å²) in [5.41, 5.74) is 0.782. The molecule has 2 amide bonds. The lowest BCUT2D eigenvalue weighted by atomic mass is 10.1. The minimum Gasteiger partial charge on any atom is -0.352 e. The maximum Gasteiger partial charge on any atom is 0.417 e. The predicted molar refractivity (Wildman–Crippen MR) is 168 cm³/mol. The lowest BCUT2D eigenvalue weighted by Crippen LogP contribution is -2.53. The lowest BCUT2D eigenvalue weighted by molar-refractivity contribution is -0.140. The fourth-order valence-corrected chi connectivity index (χ4v) is 7.18. The minimum atomic E-state index is -4.88. The average Bonchev–Trinajstić information content (AvgIpc) is 3.48. The number of amides is 2. The molecule has 4 rings (SSSR count). The molecular formula is C33H37ClF3N3O4S. The van der Waals surface area contributed by atoms with Gasteiger partial charge >= 0.3 is 6.18 Å². The highest BCUT2D eigenvalue weighted by Gasteiger charge is 2.37. The highest BCUT2D eigenvalue weighted by atomic mass is 35.5. The van der Waals surface area contributed by atoms with E-state index >= 15 is 0 Å². The number of halogens is 4. The van der Waals surface area contributed by atoms with E-state index in [9.17, 15) is 31.2 Å². The van der Waals surface area contributed by atoms with Crippen molar-refractivity contribution < 1.29 is 31.2 Å². The molecule has 0 bridgehead atoms. The summed E-state index contributed by atoms with van der Waals surface area (Å²) in [5.74, 6) is -1.10. The van der Waals surface area contributed by atoms with Crippen LogP contribution in [0.1, 0.15) is 61.3 Å². The van der Waals surface area contributed by atoms with Gasteiger partial charge in [-0.2, -0.15) is 13.2 Å². The number of nitrogens with zero attached hydrogens (tertiary/aromatic N) is 2. The molecule has 1 aliphatic rings. The summed E-state index contributed by atoms with van der Waals surface area (Å²) in [6.45, 7) is 4.54. The zero-order valence-electron chi connectivity index (χ0n) is 25.4. The van der Waals surface area contributed by atoms with Crippen LogP contribution in [0, 0.1) is 13.8 Å². The van der Waals surface area contributed by atoms with Gasteiger partial charge in [-0.25, -0.2) is 8.42 Å². The Balaban J connectivity index is 1.78. The third-order valence-electron chi connectivity index (χ3n) is 7.95. The highest BCUT2D eigenvalue weighted by molar-refractivity contribution is 7.92. The van der Waals surface area contributed by atoms with E-state index in [1.54, 1.807) is 32.0 Å². The van der Waals surface area contributed by atoms with Gasteiger partial charge in [0.15, 0.2) is 0 Å². The number of hydrogen-bond donors (Lipinski definition) is 1. The van der Waals surface area contributed by atoms with Gasteiger partial charge in [0.1, 0.15) is 12.6 Å². The Kier molecular flexibility index (Phi) is 10.9. The molecule has 242 valence electrons. The maximum absolute atomic E-state index is 14.2. The number of sulfonamides is 1. The van der Waals surface area contributed by atoms with Crippen molar-refractivity contribution >= 4 is 39.1 Å². The first-order chi connectivity index (χ1) is 21.2. The van der Waals surface area contributed by atoms with Gasteiger partial charge in [0.2, 0.25) is 11.8 Å². The van der Waals surface area contributed by atoms with Crippen LogP contribution >= 0.6 is 11.6 Å². The molecule has 1 atom stereocenters. The molecule has 7 nitrogen and oxygen atoms in total. The second kappa shape index (κ2) is 14.2. The molecule has 0 aromatic heterocycles. The van der Waals surface area contributed by atoms with Crippen LogP contribution in [0.2, 0.25) is 5.02 Å². The molecule has 0 heterocycles. The van der Waals surface area contributed by atoms with Crippen LogP contribution in [-0.2, 0) is 32.3 Å².